The van der Waals surface area contributed by atoms with Crippen molar-refractivity contribution < 1.29 is 23.0 Å². The number of hydrogen-bond acceptors (Lipinski definition) is 3. The second-order valence-electron chi connectivity index (χ2n) is 11.0. The van der Waals surface area contributed by atoms with Crippen LogP contribution in [-0.4, -0.2) is 32.2 Å². The van der Waals surface area contributed by atoms with Gasteiger partial charge < -0.3 is 14.2 Å². The molecule has 0 aromatic carbocycles. The van der Waals surface area contributed by atoms with Gasteiger partial charge in [-0.2, -0.15) is 8.78 Å². The van der Waals surface area contributed by atoms with Gasteiger partial charge in [0.2, 0.25) is 0 Å². The Labute approximate surface area is 193 Å². The van der Waals surface area contributed by atoms with Crippen molar-refractivity contribution in [3.8, 4) is 0 Å². The first-order valence-corrected chi connectivity index (χ1v) is 13.5. The van der Waals surface area contributed by atoms with Crippen molar-refractivity contribution in [1.29, 1.82) is 0 Å². The van der Waals surface area contributed by atoms with Crippen LogP contribution in [0.4, 0.5) is 8.78 Å². The molecule has 1 heterocycles. The number of ether oxygens (including phenoxy) is 3. The molecule has 1 aliphatic heterocycles. The molecular weight excluding hydrogens is 410 g/mol. The van der Waals surface area contributed by atoms with Crippen molar-refractivity contribution in [3.05, 3.63) is 12.2 Å². The number of hydrogen-bond donors (Lipinski definition) is 0. The van der Waals surface area contributed by atoms with Gasteiger partial charge in [-0.3, -0.25) is 0 Å². The van der Waals surface area contributed by atoms with Crippen LogP contribution in [0.3, 0.4) is 0 Å². The molecule has 0 spiro atoms. The Morgan fingerprint density at radius 2 is 1.34 bits per heavy atom. The zero-order chi connectivity index (χ0) is 22.2. The van der Waals surface area contributed by atoms with Crippen molar-refractivity contribution in [1.82, 2.24) is 0 Å². The molecule has 0 amide bonds. The average molecular weight is 455 g/mol. The third kappa shape index (κ3) is 7.50. The van der Waals surface area contributed by atoms with Crippen LogP contribution in [0.1, 0.15) is 96.3 Å². The summed E-state index contributed by atoms with van der Waals surface area (Å²) in [5, 5.41) is 0. The lowest BCUT2D eigenvalue weighted by Crippen LogP contribution is -2.42. The summed E-state index contributed by atoms with van der Waals surface area (Å²) in [4.78, 5) is 0. The van der Waals surface area contributed by atoms with E-state index in [2.05, 4.69) is 0 Å². The summed E-state index contributed by atoms with van der Waals surface area (Å²) < 4.78 is 43.2. The van der Waals surface area contributed by atoms with Crippen molar-refractivity contribution in [3.63, 3.8) is 0 Å². The molecule has 0 atom stereocenters. The Morgan fingerprint density at radius 1 is 0.750 bits per heavy atom. The molecule has 3 saturated carbocycles. The second-order valence-corrected chi connectivity index (χ2v) is 11.0. The first-order valence-electron chi connectivity index (χ1n) is 13.5. The molecule has 3 nitrogen and oxygen atoms in total. The van der Waals surface area contributed by atoms with Crippen LogP contribution in [0.5, 0.6) is 0 Å². The summed E-state index contributed by atoms with van der Waals surface area (Å²) in [6.45, 7) is 2.16. The number of halogens is 2. The fourth-order valence-corrected chi connectivity index (χ4v) is 6.82. The zero-order valence-electron chi connectivity index (χ0n) is 19.8. The Hall–Kier alpha value is -0.520. The minimum Gasteiger partial charge on any atom is -0.373 e. The van der Waals surface area contributed by atoms with Crippen LogP contribution >= 0.6 is 0 Å². The van der Waals surface area contributed by atoms with Crippen LogP contribution in [0.15, 0.2) is 12.2 Å². The molecule has 0 aromatic rings. The zero-order valence-corrected chi connectivity index (χ0v) is 19.8. The highest BCUT2D eigenvalue weighted by Crippen LogP contribution is 2.43. The maximum atomic E-state index is 12.5. The van der Waals surface area contributed by atoms with Gasteiger partial charge in [0, 0.05) is 12.5 Å². The van der Waals surface area contributed by atoms with Crippen LogP contribution in [0, 0.1) is 29.6 Å². The maximum absolute atomic E-state index is 12.5. The maximum Gasteiger partial charge on any atom is 0.266 e. The lowest BCUT2D eigenvalue weighted by atomic mass is 9.69. The van der Waals surface area contributed by atoms with Crippen molar-refractivity contribution >= 4 is 0 Å². The standard InChI is InChI=1S/C27H44F2O3/c28-26(29)17-21-8-10-22(11-9-21)23-12-14-24(15-13-23)27-31-18-25(19-32-27)30-16-4-7-20-5-2-1-3-6-20/h17,20-25,27H,1-16,18-19H2. The molecule has 5 heteroatoms. The number of rotatable bonds is 8. The monoisotopic (exact) mass is 454 g/mol. The summed E-state index contributed by atoms with van der Waals surface area (Å²) in [7, 11) is 0. The van der Waals surface area contributed by atoms with Gasteiger partial charge in [0.25, 0.3) is 6.08 Å². The summed E-state index contributed by atoms with van der Waals surface area (Å²) in [6.07, 6.45) is 18.1. The fourth-order valence-electron chi connectivity index (χ4n) is 6.82. The molecule has 184 valence electrons. The highest BCUT2D eigenvalue weighted by molar-refractivity contribution is 4.92. The van der Waals surface area contributed by atoms with Gasteiger partial charge in [0.05, 0.1) is 13.2 Å². The van der Waals surface area contributed by atoms with E-state index in [-0.39, 0.29) is 18.3 Å². The molecule has 1 saturated heterocycles. The van der Waals surface area contributed by atoms with Crippen LogP contribution in [-0.2, 0) is 14.2 Å². The van der Waals surface area contributed by atoms with E-state index in [1.54, 1.807) is 0 Å². The van der Waals surface area contributed by atoms with Crippen LogP contribution < -0.4 is 0 Å². The largest absolute Gasteiger partial charge is 0.373 e. The number of allylic oxidation sites excluding steroid dienone is 1. The van der Waals surface area contributed by atoms with Gasteiger partial charge in [0.15, 0.2) is 6.29 Å². The summed E-state index contributed by atoms with van der Waals surface area (Å²) in [5.74, 6) is 3.01. The van der Waals surface area contributed by atoms with E-state index in [1.807, 2.05) is 0 Å². The molecule has 4 fully saturated rings. The summed E-state index contributed by atoms with van der Waals surface area (Å²) in [5.41, 5.74) is 0. The lowest BCUT2D eigenvalue weighted by molar-refractivity contribution is -0.250. The van der Waals surface area contributed by atoms with Crippen molar-refractivity contribution in [2.75, 3.05) is 19.8 Å². The predicted molar refractivity (Wildman–Crippen MR) is 122 cm³/mol. The molecule has 4 aliphatic rings. The average Bonchev–Trinajstić information content (AvgIpc) is 2.83. The molecule has 0 unspecified atom stereocenters. The predicted octanol–water partition coefficient (Wildman–Crippen LogP) is 7.50. The third-order valence-corrected chi connectivity index (χ3v) is 8.77. The molecule has 0 N–H and O–H groups in total. The Balaban J connectivity index is 1.07. The SMILES string of the molecule is FC(F)=CC1CCC(C2CCC(C3OCC(OCCCC4CCCCC4)CO3)CC2)CC1. The molecule has 3 aliphatic carbocycles. The van der Waals surface area contributed by atoms with E-state index >= 15 is 0 Å². The minimum absolute atomic E-state index is 0.0635. The van der Waals surface area contributed by atoms with E-state index in [9.17, 15) is 8.78 Å². The van der Waals surface area contributed by atoms with Gasteiger partial charge in [0.1, 0.15) is 6.10 Å². The van der Waals surface area contributed by atoms with Gasteiger partial charge in [-0.25, -0.2) is 0 Å². The van der Waals surface area contributed by atoms with Gasteiger partial charge in [-0.15, -0.1) is 0 Å². The molecule has 0 bridgehead atoms. The quantitative estimate of drug-likeness (QED) is 0.355. The lowest BCUT2D eigenvalue weighted by Gasteiger charge is -2.40. The van der Waals surface area contributed by atoms with E-state index < -0.39 is 6.08 Å². The van der Waals surface area contributed by atoms with Crippen molar-refractivity contribution in [2.45, 2.75) is 109 Å². The van der Waals surface area contributed by atoms with E-state index in [0.29, 0.717) is 19.1 Å². The van der Waals surface area contributed by atoms with E-state index in [1.165, 1.54) is 70.3 Å². The van der Waals surface area contributed by atoms with Gasteiger partial charge in [-0.05, 0) is 94.0 Å². The Bertz CT molecular complexity index is 549. The first-order chi connectivity index (χ1) is 15.7. The van der Waals surface area contributed by atoms with Gasteiger partial charge >= 0.3 is 0 Å². The van der Waals surface area contributed by atoms with Crippen LogP contribution in [0.25, 0.3) is 0 Å². The molecule has 0 radical (unpaired) electrons. The molecule has 4 rings (SSSR count). The topological polar surface area (TPSA) is 27.7 Å². The second kappa shape index (κ2) is 12.8. The van der Waals surface area contributed by atoms with E-state index in [4.69, 9.17) is 14.2 Å². The smallest absolute Gasteiger partial charge is 0.266 e. The highest BCUT2D eigenvalue weighted by Gasteiger charge is 2.36. The molecule has 0 aromatic heterocycles. The minimum atomic E-state index is -1.51. The van der Waals surface area contributed by atoms with Crippen molar-refractivity contribution in [2.24, 2.45) is 29.6 Å². The molecule has 32 heavy (non-hydrogen) atoms. The Kier molecular flexibility index (Phi) is 9.84. The summed E-state index contributed by atoms with van der Waals surface area (Å²) in [6, 6.07) is 0. The summed E-state index contributed by atoms with van der Waals surface area (Å²) >= 11 is 0. The fraction of sp³-hybridized carbons (Fsp3) is 0.926. The third-order valence-electron chi connectivity index (χ3n) is 8.77. The van der Waals surface area contributed by atoms with Gasteiger partial charge in [-0.1, -0.05) is 32.1 Å². The first kappa shape index (κ1) is 24.6. The van der Waals surface area contributed by atoms with E-state index in [0.717, 1.165) is 56.5 Å². The normalized spacial score (nSPS) is 37.2. The Morgan fingerprint density at radius 3 is 1.97 bits per heavy atom. The molecular formula is C27H44F2O3. The van der Waals surface area contributed by atoms with Crippen LogP contribution in [0.2, 0.25) is 0 Å². The highest BCUT2D eigenvalue weighted by atomic mass is 19.3.